The molecule has 0 spiro atoms. The smallest absolute Gasteiger partial charge is 0.177 e. The number of piperidine rings is 3. The van der Waals surface area contributed by atoms with Crippen molar-refractivity contribution < 1.29 is 9.26 Å². The van der Waals surface area contributed by atoms with Gasteiger partial charge in [0.15, 0.2) is 11.4 Å². The van der Waals surface area contributed by atoms with Crippen LogP contribution in [0.3, 0.4) is 0 Å². The fourth-order valence-electron chi connectivity index (χ4n) is 3.75. The molecule has 1 atom stereocenters. The molecule has 0 radical (unpaired) electrons. The summed E-state index contributed by atoms with van der Waals surface area (Å²) in [5, 5.41) is 8.91. The van der Waals surface area contributed by atoms with Crippen molar-refractivity contribution in [2.24, 2.45) is 5.92 Å². The normalized spacial score (nSPS) is 28.0. The van der Waals surface area contributed by atoms with E-state index >= 15 is 0 Å². The Morgan fingerprint density at radius 3 is 2.81 bits per heavy atom. The summed E-state index contributed by atoms with van der Waals surface area (Å²) < 4.78 is 10.9. The third kappa shape index (κ3) is 2.07. The molecule has 112 valence electrons. The molecule has 21 heavy (non-hydrogen) atoms. The van der Waals surface area contributed by atoms with Gasteiger partial charge >= 0.3 is 0 Å². The zero-order valence-corrected chi connectivity index (χ0v) is 12.6. The molecule has 2 bridgehead atoms. The number of methoxy groups -OCH3 is 1. The maximum Gasteiger partial charge on any atom is 0.177 e. The molecule has 4 heterocycles. The molecule has 0 saturated carbocycles. The number of aromatic nitrogens is 1. The van der Waals surface area contributed by atoms with E-state index in [0.29, 0.717) is 6.04 Å². The zero-order chi connectivity index (χ0) is 14.4. The minimum Gasteiger partial charge on any atom is -0.496 e. The summed E-state index contributed by atoms with van der Waals surface area (Å²) >= 11 is 0. The minimum absolute atomic E-state index is 0.489. The summed E-state index contributed by atoms with van der Waals surface area (Å²) in [4.78, 5) is 2.54. The van der Waals surface area contributed by atoms with Crippen LogP contribution in [0.2, 0.25) is 0 Å². The lowest BCUT2D eigenvalue weighted by Gasteiger charge is -2.44. The van der Waals surface area contributed by atoms with E-state index in [2.05, 4.69) is 15.4 Å². The second-order valence-electron chi connectivity index (χ2n) is 6.19. The quantitative estimate of drug-likeness (QED) is 0.940. The summed E-state index contributed by atoms with van der Waals surface area (Å²) in [6, 6.07) is 4.50. The van der Waals surface area contributed by atoms with Gasteiger partial charge in [-0.1, -0.05) is 5.16 Å². The Hall–Kier alpha value is -1.75. The van der Waals surface area contributed by atoms with Gasteiger partial charge in [0.2, 0.25) is 0 Å². The number of benzene rings is 1. The molecule has 3 saturated heterocycles. The van der Waals surface area contributed by atoms with E-state index in [-0.39, 0.29) is 0 Å². The van der Waals surface area contributed by atoms with Gasteiger partial charge in [0, 0.05) is 18.2 Å². The third-order valence-electron chi connectivity index (χ3n) is 5.04. The Morgan fingerprint density at radius 2 is 2.14 bits per heavy atom. The maximum atomic E-state index is 5.54. The number of hydrogen-bond donors (Lipinski definition) is 1. The first kappa shape index (κ1) is 13.0. The Kier molecular flexibility index (Phi) is 3.03. The van der Waals surface area contributed by atoms with Crippen molar-refractivity contribution in [1.29, 1.82) is 0 Å². The van der Waals surface area contributed by atoms with E-state index in [1.165, 1.54) is 25.9 Å². The summed E-state index contributed by atoms with van der Waals surface area (Å²) in [6.07, 6.45) is 2.58. The lowest BCUT2D eigenvalue weighted by atomic mass is 9.84. The van der Waals surface area contributed by atoms with Gasteiger partial charge in [0.05, 0.1) is 12.5 Å². The van der Waals surface area contributed by atoms with Crippen molar-refractivity contribution in [3.63, 3.8) is 0 Å². The van der Waals surface area contributed by atoms with Crippen LogP contribution in [0.15, 0.2) is 16.7 Å². The lowest BCUT2D eigenvalue weighted by molar-refractivity contribution is 0.0973. The van der Waals surface area contributed by atoms with Gasteiger partial charge in [-0.15, -0.1) is 0 Å². The summed E-state index contributed by atoms with van der Waals surface area (Å²) in [6.45, 7) is 5.62. The van der Waals surface area contributed by atoms with E-state index < -0.39 is 0 Å². The van der Waals surface area contributed by atoms with Gasteiger partial charge in [-0.3, -0.25) is 0 Å². The first-order valence-electron chi connectivity index (χ1n) is 7.68. The molecule has 3 aliphatic rings. The molecule has 5 heteroatoms. The van der Waals surface area contributed by atoms with Gasteiger partial charge in [-0.05, 0) is 50.9 Å². The molecule has 3 fully saturated rings. The summed E-state index contributed by atoms with van der Waals surface area (Å²) in [5.74, 6) is 2.48. The second-order valence-corrected chi connectivity index (χ2v) is 6.19. The highest BCUT2D eigenvalue weighted by Gasteiger charge is 2.34. The van der Waals surface area contributed by atoms with Gasteiger partial charge in [0.1, 0.15) is 5.75 Å². The molecular formula is C16H21N3O2. The number of nitrogens with zero attached hydrogens (tertiary/aromatic N) is 2. The molecular weight excluding hydrogens is 266 g/mol. The predicted octanol–water partition coefficient (Wildman–Crippen LogP) is 2.65. The largest absolute Gasteiger partial charge is 0.496 e. The van der Waals surface area contributed by atoms with Gasteiger partial charge < -0.3 is 19.5 Å². The van der Waals surface area contributed by atoms with Gasteiger partial charge in [-0.2, -0.15) is 0 Å². The van der Waals surface area contributed by atoms with Crippen LogP contribution in [0.25, 0.3) is 11.0 Å². The Balaban J connectivity index is 1.64. The standard InChI is InChI=1S/C16H21N3O2/c1-10-14(20-2)4-3-12-15(10)21-18-16(12)17-13-9-19-7-5-11(13)6-8-19/h3-4,11,13H,5-9H2,1-2H3,(H,17,18)/t13-/m1/s1. The van der Waals surface area contributed by atoms with Crippen molar-refractivity contribution >= 4 is 16.8 Å². The van der Waals surface area contributed by atoms with Crippen molar-refractivity contribution in [2.75, 3.05) is 32.1 Å². The number of aryl methyl sites for hydroxylation is 1. The molecule has 0 unspecified atom stereocenters. The van der Waals surface area contributed by atoms with Crippen LogP contribution in [0.1, 0.15) is 18.4 Å². The zero-order valence-electron chi connectivity index (χ0n) is 12.6. The number of nitrogens with one attached hydrogen (secondary N) is 1. The summed E-state index contributed by atoms with van der Waals surface area (Å²) in [5.41, 5.74) is 1.82. The van der Waals surface area contributed by atoms with E-state index in [0.717, 1.165) is 40.6 Å². The Morgan fingerprint density at radius 1 is 1.33 bits per heavy atom. The van der Waals surface area contributed by atoms with Crippen LogP contribution >= 0.6 is 0 Å². The van der Waals surface area contributed by atoms with Crippen molar-refractivity contribution in [3.05, 3.63) is 17.7 Å². The second kappa shape index (κ2) is 4.91. The molecule has 1 aromatic heterocycles. The van der Waals surface area contributed by atoms with Crippen LogP contribution in [-0.4, -0.2) is 42.8 Å². The molecule has 0 amide bonds. The fraction of sp³-hybridized carbons (Fsp3) is 0.562. The number of fused-ring (bicyclic) bond motifs is 4. The van der Waals surface area contributed by atoms with Crippen molar-refractivity contribution in [2.45, 2.75) is 25.8 Å². The fourth-order valence-corrected chi connectivity index (χ4v) is 3.75. The SMILES string of the molecule is COc1ccc2c(N[C@@H]3CN4CCC3CC4)noc2c1C. The highest BCUT2D eigenvalue weighted by Crippen LogP contribution is 2.34. The minimum atomic E-state index is 0.489. The number of rotatable bonds is 3. The first-order valence-corrected chi connectivity index (χ1v) is 7.68. The van der Waals surface area contributed by atoms with Gasteiger partial charge in [-0.25, -0.2) is 0 Å². The van der Waals surface area contributed by atoms with Crippen molar-refractivity contribution in [1.82, 2.24) is 10.1 Å². The van der Waals surface area contributed by atoms with Crippen LogP contribution in [0.5, 0.6) is 5.75 Å². The molecule has 2 aromatic rings. The molecule has 0 aliphatic carbocycles. The Labute approximate surface area is 124 Å². The van der Waals surface area contributed by atoms with E-state index in [9.17, 15) is 0 Å². The van der Waals surface area contributed by atoms with Gasteiger partial charge in [0.25, 0.3) is 0 Å². The van der Waals surface area contributed by atoms with Crippen LogP contribution < -0.4 is 10.1 Å². The average molecular weight is 287 g/mol. The van der Waals surface area contributed by atoms with E-state index in [1.807, 2.05) is 19.1 Å². The molecule has 3 aliphatic heterocycles. The third-order valence-corrected chi connectivity index (χ3v) is 5.04. The first-order chi connectivity index (χ1) is 10.3. The topological polar surface area (TPSA) is 50.5 Å². The molecule has 5 nitrogen and oxygen atoms in total. The highest BCUT2D eigenvalue weighted by atomic mass is 16.5. The summed E-state index contributed by atoms with van der Waals surface area (Å²) in [7, 11) is 1.68. The number of anilines is 1. The Bertz CT molecular complexity index is 659. The lowest BCUT2D eigenvalue weighted by Crippen LogP contribution is -2.53. The molecule has 1 aromatic carbocycles. The molecule has 1 N–H and O–H groups in total. The predicted molar refractivity (Wildman–Crippen MR) is 81.9 cm³/mol. The number of hydrogen-bond acceptors (Lipinski definition) is 5. The average Bonchev–Trinajstić information content (AvgIpc) is 2.93. The monoisotopic (exact) mass is 287 g/mol. The van der Waals surface area contributed by atoms with Crippen LogP contribution in [0.4, 0.5) is 5.82 Å². The van der Waals surface area contributed by atoms with Crippen LogP contribution in [0, 0.1) is 12.8 Å². The number of ether oxygens (including phenoxy) is 1. The molecule has 5 rings (SSSR count). The van der Waals surface area contributed by atoms with Crippen LogP contribution in [-0.2, 0) is 0 Å². The van der Waals surface area contributed by atoms with E-state index in [1.54, 1.807) is 7.11 Å². The van der Waals surface area contributed by atoms with Crippen molar-refractivity contribution in [3.8, 4) is 5.75 Å². The maximum absolute atomic E-state index is 5.54. The highest BCUT2D eigenvalue weighted by molar-refractivity contribution is 5.91. The van der Waals surface area contributed by atoms with E-state index in [4.69, 9.17) is 9.26 Å².